The lowest BCUT2D eigenvalue weighted by atomic mass is 9.98. The van der Waals surface area contributed by atoms with Gasteiger partial charge in [0, 0.05) is 18.0 Å². The molecule has 0 saturated carbocycles. The number of aliphatic carboxylic acids is 2. The summed E-state index contributed by atoms with van der Waals surface area (Å²) in [5.41, 5.74) is 0.871. The number of ether oxygens (including phenoxy) is 3. The van der Waals surface area contributed by atoms with Crippen LogP contribution in [0.25, 0.3) is 10.9 Å². The fraction of sp³-hybridized carbons (Fsp3) is 0.593. The normalized spacial score (nSPS) is 33.7. The number of carboxylic acids is 2. The third kappa shape index (κ3) is 7.14. The highest BCUT2D eigenvalue weighted by molar-refractivity contribution is 5.91. The number of carbonyl (C=O) groups is 3. The standard InChI is InChI=1S/C27H36N2O14/c1-11-19(33)21(35)24(38)27(42-11)41-10-16-20(34)22(36)23(37)25(43-16)29-9-12(13-4-2-3-5-15(13)29)8-17(30)28-14(26(39)40)6-7-18(31)32/h2-5,9,11,14,16,19-25,27,33-38H,6-8,10H2,1H3,(H,28,30)(H,31,32)(H,39,40)/t11-,14?,16+,19-,20+,21+,22-,23+,24+,25+,27+/m0/s1. The second-order valence-corrected chi connectivity index (χ2v) is 10.7. The van der Waals surface area contributed by atoms with Gasteiger partial charge in [-0.3, -0.25) is 9.59 Å². The third-order valence-corrected chi connectivity index (χ3v) is 7.65. The highest BCUT2D eigenvalue weighted by Gasteiger charge is 2.47. The lowest BCUT2D eigenvalue weighted by molar-refractivity contribution is -0.311. The first-order valence-electron chi connectivity index (χ1n) is 13.6. The van der Waals surface area contributed by atoms with Crippen LogP contribution in [0.3, 0.4) is 0 Å². The van der Waals surface area contributed by atoms with Crippen LogP contribution in [0.1, 0.15) is 31.6 Å². The van der Waals surface area contributed by atoms with Gasteiger partial charge < -0.3 is 64.9 Å². The summed E-state index contributed by atoms with van der Waals surface area (Å²) in [7, 11) is 0. The average Bonchev–Trinajstić information content (AvgIpc) is 3.32. The number of carbonyl (C=O) groups excluding carboxylic acids is 1. The number of amides is 1. The highest BCUT2D eigenvalue weighted by atomic mass is 16.7. The van der Waals surface area contributed by atoms with E-state index in [-0.39, 0.29) is 12.8 Å². The van der Waals surface area contributed by atoms with E-state index in [1.807, 2.05) is 0 Å². The Bertz CT molecular complexity index is 1300. The summed E-state index contributed by atoms with van der Waals surface area (Å²) in [6.07, 6.45) is -14.0. The first kappa shape index (κ1) is 32.7. The second-order valence-electron chi connectivity index (χ2n) is 10.7. The zero-order valence-corrected chi connectivity index (χ0v) is 23.0. The Morgan fingerprint density at radius 1 is 0.930 bits per heavy atom. The number of benzene rings is 1. The van der Waals surface area contributed by atoms with Gasteiger partial charge in [0.2, 0.25) is 5.91 Å². The molecule has 16 heteroatoms. The summed E-state index contributed by atoms with van der Waals surface area (Å²) in [4.78, 5) is 35.1. The van der Waals surface area contributed by atoms with Crippen LogP contribution >= 0.6 is 0 Å². The number of aromatic nitrogens is 1. The number of fused-ring (bicyclic) bond motifs is 1. The summed E-state index contributed by atoms with van der Waals surface area (Å²) in [6.45, 7) is 1.01. The predicted molar refractivity (Wildman–Crippen MR) is 142 cm³/mol. The first-order chi connectivity index (χ1) is 20.3. The van der Waals surface area contributed by atoms with Gasteiger partial charge in [-0.1, -0.05) is 18.2 Å². The number of para-hydroxylation sites is 1. The van der Waals surface area contributed by atoms with Crippen LogP contribution in [0.15, 0.2) is 30.5 Å². The molecule has 0 radical (unpaired) electrons. The van der Waals surface area contributed by atoms with Crippen LogP contribution in [-0.4, -0.2) is 131 Å². The Morgan fingerprint density at radius 2 is 1.60 bits per heavy atom. The van der Waals surface area contributed by atoms with Crippen molar-refractivity contribution in [3.05, 3.63) is 36.0 Å². The minimum atomic E-state index is -1.71. The van der Waals surface area contributed by atoms with Crippen molar-refractivity contribution in [3.8, 4) is 0 Å². The molecule has 43 heavy (non-hydrogen) atoms. The fourth-order valence-electron chi connectivity index (χ4n) is 5.21. The number of aliphatic hydroxyl groups is 6. The maximum Gasteiger partial charge on any atom is 0.326 e. The maximum absolute atomic E-state index is 12.8. The Kier molecular flexibility index (Phi) is 10.4. The molecule has 1 aromatic heterocycles. The van der Waals surface area contributed by atoms with Crippen molar-refractivity contribution in [3.63, 3.8) is 0 Å². The number of rotatable bonds is 11. The molecule has 2 fully saturated rings. The molecule has 0 spiro atoms. The van der Waals surface area contributed by atoms with E-state index in [1.165, 1.54) is 17.7 Å². The van der Waals surface area contributed by atoms with E-state index in [0.717, 1.165) is 0 Å². The molecule has 9 N–H and O–H groups in total. The molecule has 2 aromatic rings. The van der Waals surface area contributed by atoms with Crippen molar-refractivity contribution in [1.29, 1.82) is 0 Å². The van der Waals surface area contributed by atoms with E-state index in [9.17, 15) is 50.1 Å². The molecule has 0 bridgehead atoms. The van der Waals surface area contributed by atoms with Gasteiger partial charge in [-0.25, -0.2) is 4.79 Å². The topological polar surface area (TPSA) is 258 Å². The lowest BCUT2D eigenvalue weighted by Crippen LogP contribution is -2.59. The largest absolute Gasteiger partial charge is 0.481 e. The minimum Gasteiger partial charge on any atom is -0.481 e. The van der Waals surface area contributed by atoms with E-state index < -0.39 is 98.3 Å². The van der Waals surface area contributed by atoms with Gasteiger partial charge in [-0.15, -0.1) is 0 Å². The zero-order valence-electron chi connectivity index (χ0n) is 23.0. The number of carboxylic acid groups (broad SMARTS) is 2. The molecule has 1 aromatic carbocycles. The monoisotopic (exact) mass is 612 g/mol. The Morgan fingerprint density at radius 3 is 2.28 bits per heavy atom. The molecule has 0 aliphatic carbocycles. The first-order valence-corrected chi connectivity index (χ1v) is 13.6. The van der Waals surface area contributed by atoms with E-state index in [4.69, 9.17) is 19.3 Å². The average molecular weight is 613 g/mol. The molecule has 2 saturated heterocycles. The van der Waals surface area contributed by atoms with Crippen LogP contribution < -0.4 is 5.32 Å². The number of aliphatic hydroxyl groups excluding tert-OH is 6. The maximum atomic E-state index is 12.8. The smallest absolute Gasteiger partial charge is 0.326 e. The molecule has 4 rings (SSSR count). The van der Waals surface area contributed by atoms with Gasteiger partial charge in [-0.2, -0.15) is 0 Å². The van der Waals surface area contributed by atoms with E-state index >= 15 is 0 Å². The lowest BCUT2D eigenvalue weighted by Gasteiger charge is -2.43. The molecular formula is C27H36N2O14. The Balaban J connectivity index is 1.53. The summed E-state index contributed by atoms with van der Waals surface area (Å²) in [5.74, 6) is -3.29. The summed E-state index contributed by atoms with van der Waals surface area (Å²) < 4.78 is 18.3. The van der Waals surface area contributed by atoms with Crippen molar-refractivity contribution < 1.29 is 69.4 Å². The quantitative estimate of drug-likeness (QED) is 0.127. The van der Waals surface area contributed by atoms with Crippen LogP contribution in [-0.2, 0) is 35.0 Å². The number of nitrogens with zero attached hydrogens (tertiary/aromatic N) is 1. The fourth-order valence-corrected chi connectivity index (χ4v) is 5.21. The van der Waals surface area contributed by atoms with Gasteiger partial charge in [0.15, 0.2) is 12.5 Å². The number of hydrogen-bond donors (Lipinski definition) is 9. The molecule has 3 heterocycles. The molecular weight excluding hydrogens is 576 g/mol. The summed E-state index contributed by atoms with van der Waals surface area (Å²) in [6, 6.07) is 5.28. The molecule has 2 aliphatic heterocycles. The number of hydrogen-bond acceptors (Lipinski definition) is 12. The molecule has 2 aliphatic rings. The van der Waals surface area contributed by atoms with Crippen LogP contribution in [0.4, 0.5) is 0 Å². The molecule has 1 amide bonds. The van der Waals surface area contributed by atoms with Gasteiger partial charge in [0.05, 0.1) is 24.6 Å². The van der Waals surface area contributed by atoms with Crippen LogP contribution in [0, 0.1) is 0 Å². The Hall–Kier alpha value is -3.19. The van der Waals surface area contributed by atoms with Gasteiger partial charge in [-0.05, 0) is 25.0 Å². The predicted octanol–water partition coefficient (Wildman–Crippen LogP) is -2.56. The van der Waals surface area contributed by atoms with Crippen molar-refractivity contribution in [2.24, 2.45) is 0 Å². The van der Waals surface area contributed by atoms with Crippen molar-refractivity contribution in [1.82, 2.24) is 9.88 Å². The van der Waals surface area contributed by atoms with Crippen molar-refractivity contribution in [2.75, 3.05) is 6.61 Å². The minimum absolute atomic E-state index is 0.311. The van der Waals surface area contributed by atoms with E-state index in [0.29, 0.717) is 16.5 Å². The second kappa shape index (κ2) is 13.6. The van der Waals surface area contributed by atoms with Gasteiger partial charge >= 0.3 is 11.9 Å². The zero-order chi connectivity index (χ0) is 31.6. The van der Waals surface area contributed by atoms with Crippen LogP contribution in [0.2, 0.25) is 0 Å². The molecule has 16 nitrogen and oxygen atoms in total. The molecule has 1 unspecified atom stereocenters. The highest BCUT2D eigenvalue weighted by Crippen LogP contribution is 2.34. The van der Waals surface area contributed by atoms with Gasteiger partial charge in [0.25, 0.3) is 0 Å². The third-order valence-electron chi connectivity index (χ3n) is 7.65. The van der Waals surface area contributed by atoms with E-state index in [2.05, 4.69) is 5.32 Å². The SMILES string of the molecule is C[C@@H]1O[C@@H](OC[C@H]2O[C@@H](n3cc(CC(=O)NC(CCC(=O)O)C(=O)O)c4ccccc43)[C@H](O)[C@@H](O)[C@@H]2O)[C@H](O)[C@H](O)[C@H]1O. The summed E-state index contributed by atoms with van der Waals surface area (Å²) >= 11 is 0. The van der Waals surface area contributed by atoms with Crippen molar-refractivity contribution in [2.45, 2.75) is 93.6 Å². The van der Waals surface area contributed by atoms with Crippen molar-refractivity contribution >= 4 is 28.7 Å². The molecule has 238 valence electrons. The van der Waals surface area contributed by atoms with Gasteiger partial charge in [0.1, 0.15) is 48.8 Å². The van der Waals surface area contributed by atoms with E-state index in [1.54, 1.807) is 24.3 Å². The number of nitrogens with one attached hydrogen (secondary N) is 1. The summed E-state index contributed by atoms with van der Waals surface area (Å²) in [5, 5.41) is 83.3. The van der Waals surface area contributed by atoms with Crippen LogP contribution in [0.5, 0.6) is 0 Å². The Labute approximate surface area is 244 Å². The molecule has 11 atom stereocenters.